The van der Waals surface area contributed by atoms with Crippen molar-refractivity contribution in [1.82, 2.24) is 14.8 Å². The third kappa shape index (κ3) is 4.46. The van der Waals surface area contributed by atoms with Gasteiger partial charge >= 0.3 is 0 Å². The summed E-state index contributed by atoms with van der Waals surface area (Å²) >= 11 is 1.51. The first-order valence-electron chi connectivity index (χ1n) is 9.38. The molecule has 0 fully saturated rings. The first kappa shape index (κ1) is 20.3. The first-order chi connectivity index (χ1) is 15.0. The molecule has 0 saturated carbocycles. The lowest BCUT2D eigenvalue weighted by Crippen LogP contribution is -2.15. The molecule has 156 valence electrons. The Hall–Kier alpha value is -3.98. The van der Waals surface area contributed by atoms with Gasteiger partial charge in [0.15, 0.2) is 5.82 Å². The van der Waals surface area contributed by atoms with Gasteiger partial charge in [0.1, 0.15) is 5.75 Å². The Morgan fingerprint density at radius 2 is 1.84 bits per heavy atom. The lowest BCUT2D eigenvalue weighted by molar-refractivity contribution is -0.114. The maximum absolute atomic E-state index is 13.0. The number of methoxy groups -OCH3 is 1. The Balaban J connectivity index is 1.69. The van der Waals surface area contributed by atoms with Crippen molar-refractivity contribution in [3.63, 3.8) is 0 Å². The SMILES string of the molecule is COc1ccc(NC(C)=O)cc1NC(=O)c1nc(-c2cccs2)n(-c2ccccc2)n1. The fraction of sp³-hybridized carbons (Fsp3) is 0.0909. The number of benzene rings is 2. The summed E-state index contributed by atoms with van der Waals surface area (Å²) in [4.78, 5) is 29.7. The van der Waals surface area contributed by atoms with Crippen LogP contribution in [0.25, 0.3) is 16.4 Å². The van der Waals surface area contributed by atoms with Crippen LogP contribution in [0, 0.1) is 0 Å². The lowest BCUT2D eigenvalue weighted by atomic mass is 10.2. The Morgan fingerprint density at radius 3 is 2.52 bits per heavy atom. The van der Waals surface area contributed by atoms with Gasteiger partial charge in [0, 0.05) is 12.6 Å². The monoisotopic (exact) mass is 433 g/mol. The van der Waals surface area contributed by atoms with Gasteiger partial charge in [-0.15, -0.1) is 16.4 Å². The molecule has 4 aromatic rings. The Labute approximate surface area is 182 Å². The largest absolute Gasteiger partial charge is 0.495 e. The molecule has 0 aliphatic heterocycles. The third-order valence-electron chi connectivity index (χ3n) is 4.32. The molecule has 2 heterocycles. The second-order valence-electron chi connectivity index (χ2n) is 6.53. The molecular formula is C22H19N5O3S. The van der Waals surface area contributed by atoms with Crippen LogP contribution < -0.4 is 15.4 Å². The van der Waals surface area contributed by atoms with E-state index < -0.39 is 5.91 Å². The van der Waals surface area contributed by atoms with Crippen molar-refractivity contribution in [2.24, 2.45) is 0 Å². The molecule has 0 radical (unpaired) electrons. The lowest BCUT2D eigenvalue weighted by Gasteiger charge is -2.11. The molecule has 0 atom stereocenters. The van der Waals surface area contributed by atoms with Crippen LogP contribution in [-0.2, 0) is 4.79 Å². The van der Waals surface area contributed by atoms with Gasteiger partial charge < -0.3 is 15.4 Å². The molecule has 0 bridgehead atoms. The standard InChI is InChI=1S/C22H19N5O3S/c1-14(28)23-15-10-11-18(30-2)17(13-15)24-22(29)20-25-21(19-9-6-12-31-19)27(26-20)16-7-4-3-5-8-16/h3-13H,1-2H3,(H,23,28)(H,24,29). The molecule has 8 nitrogen and oxygen atoms in total. The van der Waals surface area contributed by atoms with Crippen LogP contribution >= 0.6 is 11.3 Å². The van der Waals surface area contributed by atoms with E-state index >= 15 is 0 Å². The van der Waals surface area contributed by atoms with Crippen molar-refractivity contribution >= 4 is 34.5 Å². The van der Waals surface area contributed by atoms with E-state index in [4.69, 9.17) is 4.74 Å². The maximum Gasteiger partial charge on any atom is 0.295 e. The van der Waals surface area contributed by atoms with Crippen molar-refractivity contribution in [3.8, 4) is 22.1 Å². The fourth-order valence-electron chi connectivity index (χ4n) is 2.99. The van der Waals surface area contributed by atoms with Crippen LogP contribution in [-0.4, -0.2) is 33.7 Å². The summed E-state index contributed by atoms with van der Waals surface area (Å²) in [6.07, 6.45) is 0. The number of nitrogens with one attached hydrogen (secondary N) is 2. The molecular weight excluding hydrogens is 414 g/mol. The average Bonchev–Trinajstić information content (AvgIpc) is 3.44. The number of nitrogens with zero attached hydrogens (tertiary/aromatic N) is 3. The van der Waals surface area contributed by atoms with E-state index in [0.29, 0.717) is 22.9 Å². The fourth-order valence-corrected chi connectivity index (χ4v) is 3.69. The van der Waals surface area contributed by atoms with Gasteiger partial charge in [0.25, 0.3) is 5.91 Å². The number of thiophene rings is 1. The van der Waals surface area contributed by atoms with Gasteiger partial charge in [-0.1, -0.05) is 24.3 Å². The van der Waals surface area contributed by atoms with E-state index in [9.17, 15) is 9.59 Å². The number of rotatable bonds is 6. The Kier molecular flexibility index (Phi) is 5.76. The summed E-state index contributed by atoms with van der Waals surface area (Å²) in [5.41, 5.74) is 1.72. The Bertz CT molecular complexity index is 1220. The average molecular weight is 433 g/mol. The highest BCUT2D eigenvalue weighted by Crippen LogP contribution is 2.29. The minimum Gasteiger partial charge on any atom is -0.495 e. The number of carbonyl (C=O) groups is 2. The zero-order chi connectivity index (χ0) is 21.8. The molecule has 0 spiro atoms. The van der Waals surface area contributed by atoms with Crippen molar-refractivity contribution in [1.29, 1.82) is 0 Å². The maximum atomic E-state index is 13.0. The summed E-state index contributed by atoms with van der Waals surface area (Å²) < 4.78 is 6.97. The molecule has 2 amide bonds. The summed E-state index contributed by atoms with van der Waals surface area (Å²) in [5, 5.41) is 11.9. The van der Waals surface area contributed by atoms with Gasteiger partial charge in [0.05, 0.1) is 23.4 Å². The molecule has 0 unspecified atom stereocenters. The Morgan fingerprint density at radius 1 is 1.03 bits per heavy atom. The minimum absolute atomic E-state index is 0.0132. The molecule has 9 heteroatoms. The van der Waals surface area contributed by atoms with E-state index in [-0.39, 0.29) is 11.7 Å². The van der Waals surface area contributed by atoms with Crippen LogP contribution in [0.4, 0.5) is 11.4 Å². The summed E-state index contributed by atoms with van der Waals surface area (Å²) in [5.74, 6) is 0.324. The van der Waals surface area contributed by atoms with Crippen LogP contribution in [0.1, 0.15) is 17.5 Å². The quantitative estimate of drug-likeness (QED) is 0.475. The van der Waals surface area contributed by atoms with Crippen LogP contribution in [0.15, 0.2) is 66.0 Å². The summed E-state index contributed by atoms with van der Waals surface area (Å²) in [6.45, 7) is 1.41. The van der Waals surface area contributed by atoms with Crippen molar-refractivity contribution in [3.05, 3.63) is 71.9 Å². The number of anilines is 2. The molecule has 2 aromatic heterocycles. The number of hydrogen-bond donors (Lipinski definition) is 2. The van der Waals surface area contributed by atoms with Gasteiger partial charge in [-0.2, -0.15) is 0 Å². The van der Waals surface area contributed by atoms with Crippen molar-refractivity contribution in [2.45, 2.75) is 6.92 Å². The highest BCUT2D eigenvalue weighted by Gasteiger charge is 2.20. The van der Waals surface area contributed by atoms with Crippen molar-refractivity contribution < 1.29 is 14.3 Å². The molecule has 31 heavy (non-hydrogen) atoms. The molecule has 0 saturated heterocycles. The highest BCUT2D eigenvalue weighted by atomic mass is 32.1. The molecule has 2 aromatic carbocycles. The highest BCUT2D eigenvalue weighted by molar-refractivity contribution is 7.13. The second kappa shape index (κ2) is 8.80. The number of ether oxygens (including phenoxy) is 1. The summed E-state index contributed by atoms with van der Waals surface area (Å²) in [7, 11) is 1.50. The van der Waals surface area contributed by atoms with E-state index in [2.05, 4.69) is 20.7 Å². The zero-order valence-electron chi connectivity index (χ0n) is 16.8. The van der Waals surface area contributed by atoms with Crippen LogP contribution in [0.3, 0.4) is 0 Å². The minimum atomic E-state index is -0.495. The predicted molar refractivity (Wildman–Crippen MR) is 120 cm³/mol. The topological polar surface area (TPSA) is 98.1 Å². The van der Waals surface area contributed by atoms with Gasteiger partial charge in [-0.3, -0.25) is 9.59 Å². The van der Waals surface area contributed by atoms with Crippen LogP contribution in [0.5, 0.6) is 5.75 Å². The molecule has 4 rings (SSSR count). The predicted octanol–water partition coefficient (Wildman–Crippen LogP) is 4.22. The van der Waals surface area contributed by atoms with Gasteiger partial charge in [0.2, 0.25) is 11.7 Å². The number of amides is 2. The third-order valence-corrected chi connectivity index (χ3v) is 5.19. The normalized spacial score (nSPS) is 10.5. The molecule has 0 aliphatic carbocycles. The zero-order valence-corrected chi connectivity index (χ0v) is 17.6. The van der Waals surface area contributed by atoms with Gasteiger partial charge in [-0.25, -0.2) is 9.67 Å². The molecule has 0 aliphatic rings. The number of carbonyl (C=O) groups excluding carboxylic acids is 2. The van der Waals surface area contributed by atoms with Crippen molar-refractivity contribution in [2.75, 3.05) is 17.7 Å². The van der Waals surface area contributed by atoms with E-state index in [1.165, 1.54) is 25.4 Å². The first-order valence-corrected chi connectivity index (χ1v) is 10.3. The van der Waals surface area contributed by atoms with E-state index in [0.717, 1.165) is 10.6 Å². The van der Waals surface area contributed by atoms with E-state index in [1.807, 2.05) is 47.8 Å². The van der Waals surface area contributed by atoms with Crippen LogP contribution in [0.2, 0.25) is 0 Å². The summed E-state index contributed by atoms with van der Waals surface area (Å²) in [6, 6.07) is 18.3. The smallest absolute Gasteiger partial charge is 0.295 e. The number of para-hydroxylation sites is 1. The molecule has 2 N–H and O–H groups in total. The second-order valence-corrected chi connectivity index (χ2v) is 7.48. The number of aromatic nitrogens is 3. The van der Waals surface area contributed by atoms with Gasteiger partial charge in [-0.05, 0) is 41.8 Å². The number of hydrogen-bond acceptors (Lipinski definition) is 6. The van der Waals surface area contributed by atoms with E-state index in [1.54, 1.807) is 22.9 Å².